The van der Waals surface area contributed by atoms with Gasteiger partial charge in [0.25, 0.3) is 5.56 Å². The highest BCUT2D eigenvalue weighted by molar-refractivity contribution is 5.58. The van der Waals surface area contributed by atoms with Crippen molar-refractivity contribution in [1.29, 1.82) is 0 Å². The summed E-state index contributed by atoms with van der Waals surface area (Å²) in [6.07, 6.45) is -1.96. The Balaban J connectivity index is 1.51. The quantitative estimate of drug-likeness (QED) is 0.464. The molecule has 3 heterocycles. The van der Waals surface area contributed by atoms with Crippen molar-refractivity contribution in [2.75, 3.05) is 6.61 Å². The fraction of sp³-hybridized carbons (Fsp3) is 0.150. The van der Waals surface area contributed by atoms with Crippen molar-refractivity contribution in [2.24, 2.45) is 0 Å². The summed E-state index contributed by atoms with van der Waals surface area (Å²) in [6, 6.07) is 13.5. The smallest absolute Gasteiger partial charge is 0.422 e. The highest BCUT2D eigenvalue weighted by Crippen LogP contribution is 2.20. The fourth-order valence-electron chi connectivity index (χ4n) is 2.67. The minimum Gasteiger partial charge on any atom is -0.454 e. The zero-order valence-electron chi connectivity index (χ0n) is 15.8. The third kappa shape index (κ3) is 5.13. The van der Waals surface area contributed by atoms with Crippen LogP contribution in [0, 0.1) is 0 Å². The Bertz CT molecular complexity index is 1220. The SMILES string of the molecule is O=c1ccc(-c2cnc(OCC(F)(F)F)nc2)nn1Cc1cc(-c2ccccc2)no1. The molecule has 0 amide bonds. The summed E-state index contributed by atoms with van der Waals surface area (Å²) in [7, 11) is 0. The van der Waals surface area contributed by atoms with Crippen LogP contribution in [0.3, 0.4) is 0 Å². The largest absolute Gasteiger partial charge is 0.454 e. The highest BCUT2D eigenvalue weighted by atomic mass is 19.4. The lowest BCUT2D eigenvalue weighted by Gasteiger charge is -2.08. The Morgan fingerprint density at radius 2 is 1.71 bits per heavy atom. The first-order valence-electron chi connectivity index (χ1n) is 8.98. The second-order valence-corrected chi connectivity index (χ2v) is 6.42. The number of alkyl halides is 3. The van der Waals surface area contributed by atoms with Gasteiger partial charge in [0.15, 0.2) is 12.4 Å². The predicted octanol–water partition coefficient (Wildman–Crippen LogP) is 3.34. The first kappa shape index (κ1) is 20.3. The summed E-state index contributed by atoms with van der Waals surface area (Å²) < 4.78 is 47.6. The summed E-state index contributed by atoms with van der Waals surface area (Å²) in [5, 5.41) is 8.26. The van der Waals surface area contributed by atoms with Gasteiger partial charge in [-0.1, -0.05) is 35.5 Å². The Morgan fingerprint density at radius 3 is 2.42 bits per heavy atom. The maximum atomic E-state index is 12.2. The number of halogens is 3. The molecule has 0 aliphatic rings. The van der Waals surface area contributed by atoms with Crippen LogP contribution in [0.4, 0.5) is 13.2 Å². The zero-order valence-corrected chi connectivity index (χ0v) is 15.8. The molecule has 0 aliphatic carbocycles. The molecule has 0 saturated carbocycles. The van der Waals surface area contributed by atoms with E-state index in [2.05, 4.69) is 25.0 Å². The van der Waals surface area contributed by atoms with Crippen LogP contribution in [0.5, 0.6) is 6.01 Å². The van der Waals surface area contributed by atoms with E-state index < -0.39 is 18.8 Å². The summed E-state index contributed by atoms with van der Waals surface area (Å²) in [5.41, 5.74) is 1.88. The lowest BCUT2D eigenvalue weighted by Crippen LogP contribution is -2.22. The van der Waals surface area contributed by atoms with Gasteiger partial charge in [-0.2, -0.15) is 18.3 Å². The number of aromatic nitrogens is 5. The first-order chi connectivity index (χ1) is 14.9. The number of rotatable bonds is 6. The molecule has 158 valence electrons. The van der Waals surface area contributed by atoms with E-state index in [1.54, 1.807) is 6.07 Å². The van der Waals surface area contributed by atoms with Gasteiger partial charge in [0, 0.05) is 35.7 Å². The molecule has 0 fully saturated rings. The Kier molecular flexibility index (Phi) is 5.48. The fourth-order valence-corrected chi connectivity index (χ4v) is 2.67. The Morgan fingerprint density at radius 1 is 0.968 bits per heavy atom. The summed E-state index contributed by atoms with van der Waals surface area (Å²) in [6.45, 7) is -1.45. The number of ether oxygens (including phenoxy) is 1. The van der Waals surface area contributed by atoms with Crippen LogP contribution in [0.15, 0.2) is 70.2 Å². The lowest BCUT2D eigenvalue weighted by atomic mass is 10.1. The molecule has 31 heavy (non-hydrogen) atoms. The van der Waals surface area contributed by atoms with Crippen molar-refractivity contribution in [2.45, 2.75) is 12.7 Å². The highest BCUT2D eigenvalue weighted by Gasteiger charge is 2.28. The number of hydrogen-bond donors (Lipinski definition) is 0. The van der Waals surface area contributed by atoms with Crippen LogP contribution in [0.2, 0.25) is 0 Å². The topological polar surface area (TPSA) is 95.9 Å². The summed E-state index contributed by atoms with van der Waals surface area (Å²) in [4.78, 5) is 19.7. The molecule has 3 aromatic heterocycles. The second kappa shape index (κ2) is 8.38. The van der Waals surface area contributed by atoms with E-state index in [0.717, 1.165) is 5.56 Å². The van der Waals surface area contributed by atoms with Crippen LogP contribution in [0.25, 0.3) is 22.5 Å². The monoisotopic (exact) mass is 429 g/mol. The molecular formula is C20H14F3N5O3. The zero-order chi connectivity index (χ0) is 21.8. The average molecular weight is 429 g/mol. The van der Waals surface area contributed by atoms with E-state index >= 15 is 0 Å². The van der Waals surface area contributed by atoms with E-state index in [0.29, 0.717) is 22.7 Å². The molecule has 0 atom stereocenters. The number of hydrogen-bond acceptors (Lipinski definition) is 7. The van der Waals surface area contributed by atoms with Crippen LogP contribution >= 0.6 is 0 Å². The van der Waals surface area contributed by atoms with E-state index in [4.69, 9.17) is 4.52 Å². The number of nitrogens with zero attached hydrogens (tertiary/aromatic N) is 5. The van der Waals surface area contributed by atoms with Crippen molar-refractivity contribution in [3.63, 3.8) is 0 Å². The summed E-state index contributed by atoms with van der Waals surface area (Å²) >= 11 is 0. The van der Waals surface area contributed by atoms with E-state index in [1.807, 2.05) is 30.3 Å². The predicted molar refractivity (Wildman–Crippen MR) is 102 cm³/mol. The molecule has 0 N–H and O–H groups in total. The second-order valence-electron chi connectivity index (χ2n) is 6.42. The van der Waals surface area contributed by atoms with Crippen LogP contribution in [-0.2, 0) is 6.54 Å². The van der Waals surface area contributed by atoms with Gasteiger partial charge in [0.2, 0.25) is 0 Å². The normalized spacial score (nSPS) is 11.5. The van der Waals surface area contributed by atoms with Gasteiger partial charge in [0.05, 0.1) is 5.69 Å². The molecule has 0 spiro atoms. The van der Waals surface area contributed by atoms with Gasteiger partial charge in [0.1, 0.15) is 12.2 Å². The molecule has 4 aromatic rings. The average Bonchev–Trinajstić information content (AvgIpc) is 3.23. The molecule has 0 aliphatic heterocycles. The van der Waals surface area contributed by atoms with E-state index in [9.17, 15) is 18.0 Å². The van der Waals surface area contributed by atoms with E-state index in [1.165, 1.54) is 29.2 Å². The van der Waals surface area contributed by atoms with Gasteiger partial charge < -0.3 is 9.26 Å². The molecule has 0 unspecified atom stereocenters. The van der Waals surface area contributed by atoms with Crippen LogP contribution in [-0.4, -0.2) is 37.7 Å². The molecule has 1 aromatic carbocycles. The summed E-state index contributed by atoms with van der Waals surface area (Å²) in [5.74, 6) is 0.428. The van der Waals surface area contributed by atoms with Crippen molar-refractivity contribution in [3.8, 4) is 28.5 Å². The number of benzene rings is 1. The maximum Gasteiger partial charge on any atom is 0.422 e. The Labute approximate surface area is 172 Å². The van der Waals surface area contributed by atoms with Gasteiger partial charge in [-0.05, 0) is 6.07 Å². The van der Waals surface area contributed by atoms with Gasteiger partial charge in [-0.3, -0.25) is 4.79 Å². The van der Waals surface area contributed by atoms with E-state index in [-0.39, 0.29) is 12.1 Å². The molecule has 11 heteroatoms. The van der Waals surface area contributed by atoms with Gasteiger partial charge in [-0.15, -0.1) is 0 Å². The minimum atomic E-state index is -4.49. The maximum absolute atomic E-state index is 12.2. The molecule has 0 bridgehead atoms. The molecule has 4 rings (SSSR count). The minimum absolute atomic E-state index is 0.0418. The van der Waals surface area contributed by atoms with Gasteiger partial charge >= 0.3 is 12.2 Å². The standard InChI is InChI=1S/C20H14F3N5O3/c21-20(22,23)12-30-19-24-9-14(10-25-19)16-6-7-18(29)28(26-16)11-15-8-17(27-31-15)13-4-2-1-3-5-13/h1-10H,11-12H2. The van der Waals surface area contributed by atoms with Crippen molar-refractivity contribution < 1.29 is 22.4 Å². The van der Waals surface area contributed by atoms with Crippen molar-refractivity contribution in [1.82, 2.24) is 24.9 Å². The van der Waals surface area contributed by atoms with Crippen molar-refractivity contribution in [3.05, 3.63) is 77.0 Å². The van der Waals surface area contributed by atoms with Crippen molar-refractivity contribution >= 4 is 0 Å². The third-order valence-corrected chi connectivity index (χ3v) is 4.09. The Hall–Kier alpha value is -4.02. The van der Waals surface area contributed by atoms with Crippen LogP contribution < -0.4 is 10.3 Å². The molecule has 0 radical (unpaired) electrons. The van der Waals surface area contributed by atoms with Gasteiger partial charge in [-0.25, -0.2) is 14.6 Å². The molecule has 8 nitrogen and oxygen atoms in total. The van der Waals surface area contributed by atoms with Crippen LogP contribution in [0.1, 0.15) is 5.76 Å². The molecular weight excluding hydrogens is 415 g/mol. The molecule has 0 saturated heterocycles. The first-order valence-corrected chi connectivity index (χ1v) is 8.98. The lowest BCUT2D eigenvalue weighted by molar-refractivity contribution is -0.154. The third-order valence-electron chi connectivity index (χ3n) is 4.09.